The van der Waals surface area contributed by atoms with Crippen LogP contribution in [0.4, 0.5) is 5.69 Å². The normalized spacial score (nSPS) is 16.8. The lowest BCUT2D eigenvalue weighted by atomic mass is 10.1. The molecule has 0 saturated carbocycles. The number of hydrogen-bond donors (Lipinski definition) is 0. The van der Waals surface area contributed by atoms with E-state index in [9.17, 15) is 4.79 Å². The Morgan fingerprint density at radius 3 is 2.32 bits per heavy atom. The fourth-order valence-corrected chi connectivity index (χ4v) is 4.08. The zero-order valence-electron chi connectivity index (χ0n) is 15.5. The third-order valence-corrected chi connectivity index (χ3v) is 5.43. The van der Waals surface area contributed by atoms with Gasteiger partial charge in [0.1, 0.15) is 5.82 Å². The van der Waals surface area contributed by atoms with Gasteiger partial charge in [-0.05, 0) is 29.8 Å². The van der Waals surface area contributed by atoms with Crippen LogP contribution in [0.25, 0.3) is 11.0 Å². The lowest BCUT2D eigenvalue weighted by Crippen LogP contribution is -2.24. The molecule has 4 aromatic rings. The van der Waals surface area contributed by atoms with E-state index >= 15 is 0 Å². The molecule has 0 radical (unpaired) electrons. The molecule has 4 nitrogen and oxygen atoms in total. The summed E-state index contributed by atoms with van der Waals surface area (Å²) in [5, 5.41) is 0. The van der Waals surface area contributed by atoms with E-state index in [1.807, 2.05) is 59.5 Å². The van der Waals surface area contributed by atoms with Crippen LogP contribution >= 0.6 is 0 Å². The second-order valence-electron chi connectivity index (χ2n) is 7.27. The van der Waals surface area contributed by atoms with E-state index in [0.717, 1.165) is 29.1 Å². The Morgan fingerprint density at radius 1 is 0.857 bits per heavy atom. The Labute approximate surface area is 164 Å². The number of anilines is 1. The van der Waals surface area contributed by atoms with Gasteiger partial charge in [-0.25, -0.2) is 4.98 Å². The first kappa shape index (κ1) is 16.8. The number of hydrogen-bond acceptors (Lipinski definition) is 2. The van der Waals surface area contributed by atoms with E-state index in [4.69, 9.17) is 4.98 Å². The monoisotopic (exact) mass is 367 g/mol. The molecule has 0 unspecified atom stereocenters. The minimum absolute atomic E-state index is 0.0869. The molecule has 1 aliphatic heterocycles. The summed E-state index contributed by atoms with van der Waals surface area (Å²) in [5.41, 5.74) is 4.29. The molecule has 1 atom stereocenters. The smallest absolute Gasteiger partial charge is 0.227 e. The zero-order chi connectivity index (χ0) is 18.9. The van der Waals surface area contributed by atoms with Gasteiger partial charge in [-0.2, -0.15) is 0 Å². The van der Waals surface area contributed by atoms with E-state index in [1.54, 1.807) is 0 Å². The Balaban J connectivity index is 1.54. The van der Waals surface area contributed by atoms with Crippen LogP contribution in [-0.2, 0) is 11.3 Å². The van der Waals surface area contributed by atoms with E-state index in [2.05, 4.69) is 34.9 Å². The molecular formula is C24H21N3O. The Hall–Kier alpha value is -3.40. The van der Waals surface area contributed by atoms with Crippen LogP contribution in [-0.4, -0.2) is 22.0 Å². The zero-order valence-corrected chi connectivity index (χ0v) is 15.5. The standard InChI is InChI=1S/C24H21N3O/c28-23-15-19(17-26(23)20-11-5-2-6-12-20)24-25-21-13-7-8-14-22(21)27(24)16-18-9-3-1-4-10-18/h1-14,19H,15-17H2/t19-/m0/s1. The van der Waals surface area contributed by atoms with Crippen molar-refractivity contribution in [3.63, 3.8) is 0 Å². The largest absolute Gasteiger partial charge is 0.323 e. The topological polar surface area (TPSA) is 38.1 Å². The highest BCUT2D eigenvalue weighted by Gasteiger charge is 2.34. The molecule has 4 heteroatoms. The molecule has 1 aliphatic rings. The maximum atomic E-state index is 12.7. The van der Waals surface area contributed by atoms with Crippen LogP contribution in [0.5, 0.6) is 0 Å². The number of rotatable bonds is 4. The number of para-hydroxylation sites is 3. The van der Waals surface area contributed by atoms with Crippen LogP contribution in [0, 0.1) is 0 Å². The molecule has 1 amide bonds. The average Bonchev–Trinajstić information content (AvgIpc) is 3.30. The number of fused-ring (bicyclic) bond motifs is 1. The summed E-state index contributed by atoms with van der Waals surface area (Å²) in [6, 6.07) is 28.5. The van der Waals surface area contributed by atoms with Crippen LogP contribution in [0.3, 0.4) is 0 Å². The van der Waals surface area contributed by atoms with Crippen molar-refractivity contribution in [1.82, 2.24) is 9.55 Å². The number of carbonyl (C=O) groups is 1. The highest BCUT2D eigenvalue weighted by molar-refractivity contribution is 5.96. The summed E-state index contributed by atoms with van der Waals surface area (Å²) in [4.78, 5) is 19.6. The quantitative estimate of drug-likeness (QED) is 0.528. The SMILES string of the molecule is O=C1C[C@H](c2nc3ccccc3n2Cc2ccccc2)CN1c1ccccc1. The van der Waals surface area contributed by atoms with E-state index in [0.29, 0.717) is 13.0 Å². The lowest BCUT2D eigenvalue weighted by Gasteiger charge is -2.17. The molecule has 2 heterocycles. The van der Waals surface area contributed by atoms with Gasteiger partial charge in [0.25, 0.3) is 0 Å². The summed E-state index contributed by atoms with van der Waals surface area (Å²) in [7, 11) is 0. The molecule has 0 spiro atoms. The van der Waals surface area contributed by atoms with Crippen molar-refractivity contribution < 1.29 is 4.79 Å². The Morgan fingerprint density at radius 2 is 1.54 bits per heavy atom. The van der Waals surface area contributed by atoms with Crippen LogP contribution in [0.1, 0.15) is 23.7 Å². The first-order chi connectivity index (χ1) is 13.8. The maximum Gasteiger partial charge on any atom is 0.227 e. The summed E-state index contributed by atoms with van der Waals surface area (Å²) < 4.78 is 2.27. The van der Waals surface area contributed by atoms with Crippen molar-refractivity contribution in [2.75, 3.05) is 11.4 Å². The molecule has 1 fully saturated rings. The molecule has 0 N–H and O–H groups in total. The van der Waals surface area contributed by atoms with E-state index in [-0.39, 0.29) is 11.8 Å². The number of aromatic nitrogens is 2. The molecule has 1 aromatic heterocycles. The molecule has 1 saturated heterocycles. The highest BCUT2D eigenvalue weighted by atomic mass is 16.2. The molecule has 138 valence electrons. The van der Waals surface area contributed by atoms with Crippen LogP contribution < -0.4 is 4.90 Å². The molecule has 28 heavy (non-hydrogen) atoms. The number of imidazole rings is 1. The second-order valence-corrected chi connectivity index (χ2v) is 7.27. The van der Waals surface area contributed by atoms with Gasteiger partial charge in [0.05, 0.1) is 11.0 Å². The van der Waals surface area contributed by atoms with Crippen molar-refractivity contribution in [3.05, 3.63) is 96.3 Å². The summed E-state index contributed by atoms with van der Waals surface area (Å²) in [6.07, 6.45) is 0.493. The fourth-order valence-electron chi connectivity index (χ4n) is 4.08. The highest BCUT2D eigenvalue weighted by Crippen LogP contribution is 2.33. The maximum absolute atomic E-state index is 12.7. The number of amides is 1. The Kier molecular flexibility index (Phi) is 4.17. The minimum Gasteiger partial charge on any atom is -0.323 e. The van der Waals surface area contributed by atoms with Crippen LogP contribution in [0.15, 0.2) is 84.9 Å². The first-order valence-corrected chi connectivity index (χ1v) is 9.64. The van der Waals surface area contributed by atoms with Gasteiger partial charge in [0, 0.05) is 31.1 Å². The van der Waals surface area contributed by atoms with Crippen molar-refractivity contribution in [2.24, 2.45) is 0 Å². The fraction of sp³-hybridized carbons (Fsp3) is 0.167. The van der Waals surface area contributed by atoms with Gasteiger partial charge in [-0.3, -0.25) is 4.79 Å². The van der Waals surface area contributed by atoms with Crippen molar-refractivity contribution in [2.45, 2.75) is 18.9 Å². The second kappa shape index (κ2) is 6.97. The third-order valence-electron chi connectivity index (χ3n) is 5.43. The van der Waals surface area contributed by atoms with Gasteiger partial charge in [0.2, 0.25) is 5.91 Å². The van der Waals surface area contributed by atoms with Gasteiger partial charge in [-0.1, -0.05) is 60.7 Å². The minimum atomic E-state index is 0.0869. The molecule has 3 aromatic carbocycles. The molecular weight excluding hydrogens is 346 g/mol. The van der Waals surface area contributed by atoms with Crippen molar-refractivity contribution >= 4 is 22.6 Å². The third kappa shape index (κ3) is 2.97. The van der Waals surface area contributed by atoms with Gasteiger partial charge in [0.15, 0.2) is 0 Å². The molecule has 0 bridgehead atoms. The average molecular weight is 367 g/mol. The Bertz CT molecular complexity index is 1120. The van der Waals surface area contributed by atoms with Gasteiger partial charge >= 0.3 is 0 Å². The van der Waals surface area contributed by atoms with Crippen molar-refractivity contribution in [3.8, 4) is 0 Å². The molecule has 5 rings (SSSR count). The van der Waals surface area contributed by atoms with Gasteiger partial charge in [-0.15, -0.1) is 0 Å². The summed E-state index contributed by atoms with van der Waals surface area (Å²) in [5.74, 6) is 1.25. The van der Waals surface area contributed by atoms with Gasteiger partial charge < -0.3 is 9.47 Å². The molecule has 0 aliphatic carbocycles. The summed E-state index contributed by atoms with van der Waals surface area (Å²) in [6.45, 7) is 1.42. The van der Waals surface area contributed by atoms with Crippen molar-refractivity contribution in [1.29, 1.82) is 0 Å². The van der Waals surface area contributed by atoms with E-state index < -0.39 is 0 Å². The first-order valence-electron chi connectivity index (χ1n) is 9.64. The number of carbonyl (C=O) groups excluding carboxylic acids is 1. The number of nitrogens with zero attached hydrogens (tertiary/aromatic N) is 3. The lowest BCUT2D eigenvalue weighted by molar-refractivity contribution is -0.117. The summed E-state index contributed by atoms with van der Waals surface area (Å²) >= 11 is 0. The van der Waals surface area contributed by atoms with Crippen LogP contribution in [0.2, 0.25) is 0 Å². The number of benzene rings is 3. The predicted molar refractivity (Wildman–Crippen MR) is 111 cm³/mol. The van der Waals surface area contributed by atoms with E-state index in [1.165, 1.54) is 5.56 Å². The predicted octanol–water partition coefficient (Wildman–Crippen LogP) is 4.61.